The Kier molecular flexibility index (Phi) is 5.40. The van der Waals surface area contributed by atoms with Crippen LogP contribution in [0.5, 0.6) is 5.75 Å². The molecule has 1 aliphatic heterocycles. The second kappa shape index (κ2) is 7.89. The molecular formula is C19H14ClF3N4O3S. The highest BCUT2D eigenvalue weighted by molar-refractivity contribution is 7.81. The summed E-state index contributed by atoms with van der Waals surface area (Å²) in [6, 6.07) is 7.46. The average Bonchev–Trinajstić information content (AvgIpc) is 3.29. The van der Waals surface area contributed by atoms with Gasteiger partial charge in [-0.1, -0.05) is 23.7 Å². The van der Waals surface area contributed by atoms with Crippen molar-refractivity contribution in [1.82, 2.24) is 15.1 Å². The number of nitrogens with zero attached hydrogens (tertiary/aromatic N) is 3. The Morgan fingerprint density at radius 2 is 2.03 bits per heavy atom. The molecule has 0 aliphatic carbocycles. The van der Waals surface area contributed by atoms with Crippen molar-refractivity contribution in [2.24, 2.45) is 0 Å². The van der Waals surface area contributed by atoms with Crippen LogP contribution in [0.2, 0.25) is 5.02 Å². The highest BCUT2D eigenvalue weighted by atomic mass is 35.5. The van der Waals surface area contributed by atoms with Gasteiger partial charge in [-0.05, 0) is 18.2 Å². The number of aromatic nitrogens is 2. The summed E-state index contributed by atoms with van der Waals surface area (Å²) < 4.78 is 45.5. The van der Waals surface area contributed by atoms with Crippen LogP contribution in [0.4, 0.5) is 18.9 Å². The summed E-state index contributed by atoms with van der Waals surface area (Å²) in [7, 11) is 0. The van der Waals surface area contributed by atoms with E-state index in [0.717, 1.165) is 16.8 Å². The van der Waals surface area contributed by atoms with Crippen molar-refractivity contribution >= 4 is 29.9 Å². The molecule has 162 valence electrons. The topological polar surface area (TPSA) is 83.5 Å². The molecule has 0 radical (unpaired) electrons. The maximum Gasteiger partial charge on any atom is 0.437 e. The van der Waals surface area contributed by atoms with E-state index in [-0.39, 0.29) is 33.9 Å². The van der Waals surface area contributed by atoms with Gasteiger partial charge >= 0.3 is 11.9 Å². The summed E-state index contributed by atoms with van der Waals surface area (Å²) in [4.78, 5) is 13.9. The molecule has 2 N–H and O–H groups in total. The number of hydrogen-bond acceptors (Lipinski definition) is 7. The molecule has 1 aliphatic rings. The number of rotatable bonds is 4. The van der Waals surface area contributed by atoms with Crippen LogP contribution < -0.4 is 16.0 Å². The Labute approximate surface area is 183 Å². The second-order valence-corrected chi connectivity index (χ2v) is 7.47. The molecule has 0 saturated heterocycles. The molecule has 2 aromatic carbocycles. The summed E-state index contributed by atoms with van der Waals surface area (Å²) in [5, 5.41) is 17.5. The minimum absolute atomic E-state index is 0.188. The van der Waals surface area contributed by atoms with Gasteiger partial charge in [-0.2, -0.15) is 17.9 Å². The first-order valence-corrected chi connectivity index (χ1v) is 9.69. The standard InChI is InChI=1S/C19H14ClF3N4O3S/c20-13-7-10(15(28)8-14(13)26-6-5-24-17(26)31)9-27-18(29)30-16(25-27)11-3-1-2-4-12(11)19(21,22)23/h1-8,17,24,28,31H,9H2. The zero-order chi connectivity index (χ0) is 22.3. The fourth-order valence-corrected chi connectivity index (χ4v) is 3.66. The van der Waals surface area contributed by atoms with Crippen LogP contribution in [-0.2, 0) is 12.7 Å². The number of phenols is 1. The number of hydrogen-bond donors (Lipinski definition) is 3. The van der Waals surface area contributed by atoms with E-state index in [0.29, 0.717) is 5.69 Å². The number of anilines is 1. The predicted molar refractivity (Wildman–Crippen MR) is 111 cm³/mol. The summed E-state index contributed by atoms with van der Waals surface area (Å²) in [6.45, 7) is -0.263. The number of phenolic OH excluding ortho intramolecular Hbond substituents is 1. The van der Waals surface area contributed by atoms with E-state index in [4.69, 9.17) is 16.0 Å². The molecule has 0 spiro atoms. The number of thiol groups is 1. The largest absolute Gasteiger partial charge is 0.508 e. The SMILES string of the molecule is O=c1oc(-c2ccccc2C(F)(F)F)nn1Cc1cc(Cl)c(N2C=CNC2S)cc1O. The zero-order valence-electron chi connectivity index (χ0n) is 15.5. The molecule has 7 nitrogen and oxygen atoms in total. The third-order valence-electron chi connectivity index (χ3n) is 4.56. The molecule has 1 unspecified atom stereocenters. The number of alkyl halides is 3. The quantitative estimate of drug-likeness (QED) is 0.499. The molecule has 0 fully saturated rings. The summed E-state index contributed by atoms with van der Waals surface area (Å²) in [6.07, 6.45) is -1.30. The van der Waals surface area contributed by atoms with E-state index in [1.54, 1.807) is 17.3 Å². The number of benzene rings is 2. The molecular weight excluding hydrogens is 457 g/mol. The number of halogens is 4. The van der Waals surface area contributed by atoms with Gasteiger partial charge in [0.15, 0.2) is 0 Å². The molecule has 1 atom stereocenters. The summed E-state index contributed by atoms with van der Waals surface area (Å²) >= 11 is 10.6. The normalized spacial score (nSPS) is 16.0. The van der Waals surface area contributed by atoms with Crippen LogP contribution in [0.15, 0.2) is 58.0 Å². The van der Waals surface area contributed by atoms with Crippen molar-refractivity contribution < 1.29 is 22.7 Å². The monoisotopic (exact) mass is 470 g/mol. The van der Waals surface area contributed by atoms with Gasteiger partial charge in [0.05, 0.1) is 28.4 Å². The van der Waals surface area contributed by atoms with Crippen LogP contribution in [0.1, 0.15) is 11.1 Å². The van der Waals surface area contributed by atoms with Gasteiger partial charge in [0.1, 0.15) is 11.2 Å². The predicted octanol–water partition coefficient (Wildman–Crippen LogP) is 4.02. The van der Waals surface area contributed by atoms with Crippen molar-refractivity contribution in [1.29, 1.82) is 0 Å². The van der Waals surface area contributed by atoms with E-state index >= 15 is 0 Å². The van der Waals surface area contributed by atoms with E-state index in [9.17, 15) is 23.1 Å². The van der Waals surface area contributed by atoms with Crippen molar-refractivity contribution in [2.75, 3.05) is 4.90 Å². The average molecular weight is 471 g/mol. The van der Waals surface area contributed by atoms with E-state index in [1.807, 2.05) is 0 Å². The fraction of sp³-hybridized carbons (Fsp3) is 0.158. The van der Waals surface area contributed by atoms with E-state index in [2.05, 4.69) is 23.0 Å². The fourth-order valence-electron chi connectivity index (χ4n) is 3.09. The lowest BCUT2D eigenvalue weighted by Gasteiger charge is -2.23. The third-order valence-corrected chi connectivity index (χ3v) is 5.26. The Morgan fingerprint density at radius 1 is 1.29 bits per heavy atom. The van der Waals surface area contributed by atoms with Crippen molar-refractivity contribution in [3.05, 3.63) is 75.5 Å². The molecule has 1 aromatic heterocycles. The molecule has 0 amide bonds. The van der Waals surface area contributed by atoms with Gasteiger partial charge in [-0.25, -0.2) is 4.79 Å². The van der Waals surface area contributed by atoms with Crippen LogP contribution in [0, 0.1) is 0 Å². The first-order chi connectivity index (χ1) is 14.6. The number of nitrogens with one attached hydrogen (secondary N) is 1. The van der Waals surface area contributed by atoms with Gasteiger partial charge in [0.2, 0.25) is 5.89 Å². The van der Waals surface area contributed by atoms with Gasteiger partial charge in [0, 0.05) is 24.0 Å². The second-order valence-electron chi connectivity index (χ2n) is 6.57. The van der Waals surface area contributed by atoms with E-state index in [1.165, 1.54) is 24.3 Å². The van der Waals surface area contributed by atoms with E-state index < -0.39 is 23.4 Å². The molecule has 4 rings (SSSR count). The Balaban J connectivity index is 1.67. The van der Waals surface area contributed by atoms with Crippen LogP contribution in [-0.4, -0.2) is 20.4 Å². The molecule has 0 saturated carbocycles. The third kappa shape index (κ3) is 4.10. The molecule has 31 heavy (non-hydrogen) atoms. The Morgan fingerprint density at radius 3 is 2.71 bits per heavy atom. The first-order valence-electron chi connectivity index (χ1n) is 8.80. The minimum atomic E-state index is -4.65. The van der Waals surface area contributed by atoms with Crippen LogP contribution >= 0.6 is 24.2 Å². The molecule has 12 heteroatoms. The maximum absolute atomic E-state index is 13.3. The van der Waals surface area contributed by atoms with Gasteiger partial charge in [-0.15, -0.1) is 17.7 Å². The van der Waals surface area contributed by atoms with Crippen molar-refractivity contribution in [3.63, 3.8) is 0 Å². The molecule has 2 heterocycles. The number of aromatic hydroxyl groups is 1. The lowest BCUT2D eigenvalue weighted by atomic mass is 10.1. The van der Waals surface area contributed by atoms with Gasteiger partial charge < -0.3 is 19.7 Å². The molecule has 3 aromatic rings. The van der Waals surface area contributed by atoms with Crippen molar-refractivity contribution in [3.8, 4) is 17.2 Å². The minimum Gasteiger partial charge on any atom is -0.508 e. The lowest BCUT2D eigenvalue weighted by Crippen LogP contribution is -2.29. The Hall–Kier alpha value is -3.05. The summed E-state index contributed by atoms with van der Waals surface area (Å²) in [5.41, 5.74) is -1.02. The van der Waals surface area contributed by atoms with Gasteiger partial charge in [0.25, 0.3) is 0 Å². The highest BCUT2D eigenvalue weighted by Gasteiger charge is 2.35. The first kappa shape index (κ1) is 21.2. The summed E-state index contributed by atoms with van der Waals surface area (Å²) in [5.74, 6) is -1.65. The van der Waals surface area contributed by atoms with Crippen molar-refractivity contribution in [2.45, 2.75) is 18.2 Å². The van der Waals surface area contributed by atoms with Crippen LogP contribution in [0.3, 0.4) is 0 Å². The van der Waals surface area contributed by atoms with Crippen LogP contribution in [0.25, 0.3) is 11.5 Å². The highest BCUT2D eigenvalue weighted by Crippen LogP contribution is 2.37. The lowest BCUT2D eigenvalue weighted by molar-refractivity contribution is -0.137. The smallest absolute Gasteiger partial charge is 0.437 e. The Bertz CT molecular complexity index is 1220. The van der Waals surface area contributed by atoms with Gasteiger partial charge in [-0.3, -0.25) is 0 Å². The molecule has 0 bridgehead atoms. The zero-order valence-corrected chi connectivity index (χ0v) is 17.1. The maximum atomic E-state index is 13.3.